The fourth-order valence-corrected chi connectivity index (χ4v) is 3.47. The summed E-state index contributed by atoms with van der Waals surface area (Å²) in [5.74, 6) is 2.33. The van der Waals surface area contributed by atoms with Crippen LogP contribution in [0.25, 0.3) is 0 Å². The lowest BCUT2D eigenvalue weighted by Gasteiger charge is -2.06. The number of ether oxygens (including phenoxy) is 4. The molecule has 0 atom stereocenters. The van der Waals surface area contributed by atoms with Crippen molar-refractivity contribution in [2.45, 2.75) is 12.8 Å². The molecule has 0 spiro atoms. The number of benzene rings is 2. The van der Waals surface area contributed by atoms with E-state index in [1.165, 1.54) is 16.9 Å². The molecule has 3 aromatic rings. The van der Waals surface area contributed by atoms with Crippen molar-refractivity contribution in [1.29, 1.82) is 0 Å². The van der Waals surface area contributed by atoms with Crippen LogP contribution in [0.3, 0.4) is 0 Å². The summed E-state index contributed by atoms with van der Waals surface area (Å²) < 4.78 is 21.2. The molecule has 29 heavy (non-hydrogen) atoms. The molecule has 2 aromatic carbocycles. The number of carbonyl (C=O) groups is 1. The molecule has 9 heteroatoms. The van der Waals surface area contributed by atoms with E-state index < -0.39 is 0 Å². The highest BCUT2D eigenvalue weighted by Crippen LogP contribution is 2.35. The van der Waals surface area contributed by atoms with Crippen LogP contribution in [0.2, 0.25) is 0 Å². The van der Waals surface area contributed by atoms with Crippen molar-refractivity contribution in [1.82, 2.24) is 10.2 Å². The highest BCUT2D eigenvalue weighted by molar-refractivity contribution is 7.15. The summed E-state index contributed by atoms with van der Waals surface area (Å²) in [4.78, 5) is 12.1. The molecule has 1 N–H and O–H groups in total. The first-order valence-corrected chi connectivity index (χ1v) is 9.79. The number of fused-ring (bicyclic) bond motifs is 1. The largest absolute Gasteiger partial charge is 0.497 e. The van der Waals surface area contributed by atoms with E-state index in [0.29, 0.717) is 22.4 Å². The molecule has 0 fully saturated rings. The fourth-order valence-electron chi connectivity index (χ4n) is 2.72. The van der Waals surface area contributed by atoms with Gasteiger partial charge in [0, 0.05) is 12.5 Å². The van der Waals surface area contributed by atoms with Crippen molar-refractivity contribution < 1.29 is 23.7 Å². The SMILES string of the molecule is COc1ccc(CCc2nnc(NC(=O)COc3ccc4c(c3)OCO4)s2)cc1. The van der Waals surface area contributed by atoms with E-state index >= 15 is 0 Å². The van der Waals surface area contributed by atoms with E-state index in [9.17, 15) is 4.79 Å². The Hall–Kier alpha value is -3.33. The van der Waals surface area contributed by atoms with E-state index in [2.05, 4.69) is 15.5 Å². The highest BCUT2D eigenvalue weighted by Gasteiger charge is 2.15. The topological polar surface area (TPSA) is 91.8 Å². The zero-order valence-corrected chi connectivity index (χ0v) is 16.5. The van der Waals surface area contributed by atoms with Gasteiger partial charge in [-0.3, -0.25) is 10.1 Å². The monoisotopic (exact) mass is 413 g/mol. The maximum absolute atomic E-state index is 12.1. The normalized spacial score (nSPS) is 11.9. The number of rotatable bonds is 8. The highest BCUT2D eigenvalue weighted by atomic mass is 32.1. The van der Waals surface area contributed by atoms with E-state index in [1.807, 2.05) is 24.3 Å². The lowest BCUT2D eigenvalue weighted by atomic mass is 10.1. The minimum atomic E-state index is -0.305. The molecule has 0 unspecified atom stereocenters. The number of nitrogens with one attached hydrogen (secondary N) is 1. The summed E-state index contributed by atoms with van der Waals surface area (Å²) in [5, 5.41) is 12.2. The van der Waals surface area contributed by atoms with Gasteiger partial charge in [0.1, 0.15) is 16.5 Å². The predicted molar refractivity (Wildman–Crippen MR) is 107 cm³/mol. The number of nitrogens with zero attached hydrogens (tertiary/aromatic N) is 2. The molecule has 150 valence electrons. The van der Waals surface area contributed by atoms with Gasteiger partial charge in [0.2, 0.25) is 11.9 Å². The van der Waals surface area contributed by atoms with Gasteiger partial charge in [-0.2, -0.15) is 0 Å². The number of amides is 1. The third-order valence-electron chi connectivity index (χ3n) is 4.21. The summed E-state index contributed by atoms with van der Waals surface area (Å²) >= 11 is 1.36. The van der Waals surface area contributed by atoms with Gasteiger partial charge < -0.3 is 18.9 Å². The van der Waals surface area contributed by atoms with Gasteiger partial charge in [0.05, 0.1) is 7.11 Å². The van der Waals surface area contributed by atoms with E-state index in [1.54, 1.807) is 25.3 Å². The number of aromatic nitrogens is 2. The molecule has 0 aliphatic carbocycles. The maximum atomic E-state index is 12.1. The summed E-state index contributed by atoms with van der Waals surface area (Å²) in [6.45, 7) is 0.0531. The van der Waals surface area contributed by atoms with Crippen molar-refractivity contribution in [3.63, 3.8) is 0 Å². The van der Waals surface area contributed by atoms with Crippen LogP contribution in [0.5, 0.6) is 23.0 Å². The molecule has 8 nitrogen and oxygen atoms in total. The molecule has 0 radical (unpaired) electrons. The third-order valence-corrected chi connectivity index (χ3v) is 5.11. The van der Waals surface area contributed by atoms with Gasteiger partial charge in [-0.25, -0.2) is 0 Å². The predicted octanol–water partition coefficient (Wildman–Crippen LogP) is 3.08. The van der Waals surface area contributed by atoms with Crippen molar-refractivity contribution in [3.05, 3.63) is 53.0 Å². The Balaban J connectivity index is 1.24. The van der Waals surface area contributed by atoms with E-state index in [0.717, 1.165) is 23.6 Å². The van der Waals surface area contributed by atoms with Crippen LogP contribution in [0.15, 0.2) is 42.5 Å². The number of methoxy groups -OCH3 is 1. The molecular formula is C20H19N3O5S. The van der Waals surface area contributed by atoms with Crippen molar-refractivity contribution in [3.8, 4) is 23.0 Å². The van der Waals surface area contributed by atoms with Crippen LogP contribution < -0.4 is 24.3 Å². The quantitative estimate of drug-likeness (QED) is 0.607. The molecule has 1 aliphatic rings. The first-order valence-electron chi connectivity index (χ1n) is 8.97. The Labute approximate surface area is 171 Å². The summed E-state index contributed by atoms with van der Waals surface area (Å²) in [5.41, 5.74) is 1.18. The van der Waals surface area contributed by atoms with Crippen LogP contribution >= 0.6 is 11.3 Å². The van der Waals surface area contributed by atoms with Crippen LogP contribution in [0, 0.1) is 0 Å². The van der Waals surface area contributed by atoms with E-state index in [4.69, 9.17) is 18.9 Å². The zero-order chi connectivity index (χ0) is 20.1. The van der Waals surface area contributed by atoms with Crippen molar-refractivity contribution >= 4 is 22.4 Å². The van der Waals surface area contributed by atoms with Crippen LogP contribution in [0.4, 0.5) is 5.13 Å². The number of carbonyl (C=O) groups excluding carboxylic acids is 1. The molecule has 1 aliphatic heterocycles. The zero-order valence-electron chi connectivity index (χ0n) is 15.7. The van der Waals surface area contributed by atoms with Crippen LogP contribution in [-0.2, 0) is 17.6 Å². The lowest BCUT2D eigenvalue weighted by molar-refractivity contribution is -0.118. The molecule has 0 saturated heterocycles. The van der Waals surface area contributed by atoms with Gasteiger partial charge in [-0.15, -0.1) is 10.2 Å². The number of hydrogen-bond acceptors (Lipinski definition) is 8. The number of anilines is 1. The first kappa shape index (κ1) is 19.0. The molecule has 1 amide bonds. The van der Waals surface area contributed by atoms with Gasteiger partial charge in [0.25, 0.3) is 5.91 Å². The first-order chi connectivity index (χ1) is 14.2. The van der Waals surface area contributed by atoms with E-state index in [-0.39, 0.29) is 19.3 Å². The lowest BCUT2D eigenvalue weighted by Crippen LogP contribution is -2.20. The molecule has 0 saturated carbocycles. The smallest absolute Gasteiger partial charge is 0.264 e. The average molecular weight is 413 g/mol. The fraction of sp³-hybridized carbons (Fsp3) is 0.250. The maximum Gasteiger partial charge on any atom is 0.264 e. The minimum absolute atomic E-state index is 0.138. The third kappa shape index (κ3) is 4.94. The van der Waals surface area contributed by atoms with Crippen LogP contribution in [-0.4, -0.2) is 36.6 Å². The Morgan fingerprint density at radius 1 is 1.07 bits per heavy atom. The second kappa shape index (κ2) is 8.78. The second-order valence-electron chi connectivity index (χ2n) is 6.20. The molecule has 4 rings (SSSR count). The molecule has 2 heterocycles. The molecule has 0 bridgehead atoms. The summed E-state index contributed by atoms with van der Waals surface area (Å²) in [6, 6.07) is 13.1. The second-order valence-corrected chi connectivity index (χ2v) is 7.26. The average Bonchev–Trinajstić information content (AvgIpc) is 3.40. The number of aryl methyl sites for hydroxylation is 2. The Morgan fingerprint density at radius 2 is 1.86 bits per heavy atom. The molecular weight excluding hydrogens is 394 g/mol. The Bertz CT molecular complexity index is 990. The van der Waals surface area contributed by atoms with Gasteiger partial charge in [-0.05, 0) is 36.2 Å². The van der Waals surface area contributed by atoms with Gasteiger partial charge in [-0.1, -0.05) is 23.5 Å². The molecule has 1 aromatic heterocycles. The van der Waals surface area contributed by atoms with Crippen LogP contribution in [0.1, 0.15) is 10.6 Å². The summed E-state index contributed by atoms with van der Waals surface area (Å²) in [6.07, 6.45) is 1.58. The standard InChI is InChI=1S/C20H19N3O5S/c1-25-14-5-2-13(3-6-14)4-9-19-22-23-20(29-19)21-18(24)11-26-15-7-8-16-17(10-15)28-12-27-16/h2-3,5-8,10H,4,9,11-12H2,1H3,(H,21,23,24). The van der Waals surface area contributed by atoms with Gasteiger partial charge in [0.15, 0.2) is 18.1 Å². The van der Waals surface area contributed by atoms with Gasteiger partial charge >= 0.3 is 0 Å². The van der Waals surface area contributed by atoms with Crippen molar-refractivity contribution in [2.24, 2.45) is 0 Å². The Kier molecular flexibility index (Phi) is 5.76. The minimum Gasteiger partial charge on any atom is -0.497 e. The number of hydrogen-bond donors (Lipinski definition) is 1. The Morgan fingerprint density at radius 3 is 2.69 bits per heavy atom. The summed E-state index contributed by atoms with van der Waals surface area (Å²) in [7, 11) is 1.65. The van der Waals surface area contributed by atoms with Crippen molar-refractivity contribution in [2.75, 3.05) is 25.8 Å².